The number of hydrogen-bond donors (Lipinski definition) is 0. The summed E-state index contributed by atoms with van der Waals surface area (Å²) in [6.07, 6.45) is 16.1. The van der Waals surface area contributed by atoms with Crippen LogP contribution < -0.4 is 0 Å². The highest BCUT2D eigenvalue weighted by Crippen LogP contribution is 2.45. The van der Waals surface area contributed by atoms with Gasteiger partial charge in [-0.15, -0.1) is 23.5 Å². The largest absolute Gasteiger partial charge is 0.109 e. The van der Waals surface area contributed by atoms with Crippen LogP contribution >= 0.6 is 55.4 Å². The average molecular weight is 553 g/mol. The van der Waals surface area contributed by atoms with Gasteiger partial charge in [0.2, 0.25) is 0 Å². The van der Waals surface area contributed by atoms with E-state index < -0.39 is 0 Å². The lowest BCUT2D eigenvalue weighted by atomic mass is 10.2. The Labute approximate surface area is 190 Å². The predicted octanol–water partition coefficient (Wildman–Crippen LogP) is 6.90. The summed E-state index contributed by atoms with van der Waals surface area (Å²) in [6, 6.07) is 2.88. The summed E-state index contributed by atoms with van der Waals surface area (Å²) >= 11 is 11.7. The fourth-order valence-electron chi connectivity index (χ4n) is 3.38. The fraction of sp³-hybridized carbons (Fsp3) is 0.700. The SMILES string of the molecule is CCCCCC/[SiH]=C1\C=C(Br)SC1C1SC(Br)=C/C1=[SiH]\CCCCCC. The first-order chi connectivity index (χ1) is 12.7. The van der Waals surface area contributed by atoms with E-state index in [1.165, 1.54) is 71.1 Å². The van der Waals surface area contributed by atoms with Crippen LogP contribution in [0.1, 0.15) is 65.2 Å². The Morgan fingerprint density at radius 1 is 0.731 bits per heavy atom. The molecule has 2 rings (SSSR count). The number of halogens is 2. The first-order valence-electron chi connectivity index (χ1n) is 10.1. The predicted molar refractivity (Wildman–Crippen MR) is 139 cm³/mol. The van der Waals surface area contributed by atoms with Gasteiger partial charge >= 0.3 is 0 Å². The smallest absolute Gasteiger partial charge is 0.0508 e. The lowest BCUT2D eigenvalue weighted by Gasteiger charge is -2.21. The Morgan fingerprint density at radius 3 is 1.54 bits per heavy atom. The van der Waals surface area contributed by atoms with E-state index in [4.69, 9.17) is 0 Å². The van der Waals surface area contributed by atoms with Gasteiger partial charge in [-0.05, 0) is 74.4 Å². The highest BCUT2D eigenvalue weighted by Gasteiger charge is 2.34. The molecule has 0 nitrogen and oxygen atoms in total. The van der Waals surface area contributed by atoms with Crippen LogP contribution in [-0.4, -0.2) is 39.1 Å². The molecule has 2 atom stereocenters. The first-order valence-corrected chi connectivity index (χ1v) is 16.3. The maximum atomic E-state index is 3.79. The summed E-state index contributed by atoms with van der Waals surface area (Å²) in [6.45, 7) is 4.60. The number of allylic oxidation sites excluding steroid dienone is 2. The lowest BCUT2D eigenvalue weighted by molar-refractivity contribution is 0.701. The molecule has 0 aromatic rings. The average Bonchev–Trinajstić information content (AvgIpc) is 3.16. The Morgan fingerprint density at radius 2 is 1.15 bits per heavy atom. The summed E-state index contributed by atoms with van der Waals surface area (Å²) in [5, 5.41) is 4.88. The monoisotopic (exact) mass is 550 g/mol. The van der Waals surface area contributed by atoms with E-state index >= 15 is 0 Å². The van der Waals surface area contributed by atoms with E-state index in [1.54, 1.807) is 10.3 Å². The second-order valence-corrected chi connectivity index (χ2v) is 15.5. The molecule has 0 spiro atoms. The maximum Gasteiger partial charge on any atom is 0.0508 e. The van der Waals surface area contributed by atoms with Crippen molar-refractivity contribution in [3.63, 3.8) is 0 Å². The van der Waals surface area contributed by atoms with E-state index in [0.717, 1.165) is 0 Å². The zero-order valence-electron chi connectivity index (χ0n) is 16.1. The van der Waals surface area contributed by atoms with Gasteiger partial charge in [-0.3, -0.25) is 0 Å². The molecule has 0 amide bonds. The van der Waals surface area contributed by atoms with Gasteiger partial charge in [0.05, 0.1) is 7.63 Å². The molecule has 0 fully saturated rings. The van der Waals surface area contributed by atoms with Crippen LogP contribution in [0.25, 0.3) is 0 Å². The quantitative estimate of drug-likeness (QED) is 0.202. The van der Waals surface area contributed by atoms with Gasteiger partial charge in [0.15, 0.2) is 0 Å². The molecule has 2 aliphatic heterocycles. The second-order valence-electron chi connectivity index (χ2n) is 7.08. The van der Waals surface area contributed by atoms with Crippen LogP contribution in [0.5, 0.6) is 0 Å². The molecule has 2 aliphatic rings. The van der Waals surface area contributed by atoms with Crippen LogP contribution in [0, 0.1) is 0 Å². The maximum absolute atomic E-state index is 3.79. The minimum Gasteiger partial charge on any atom is -0.109 e. The van der Waals surface area contributed by atoms with Crippen LogP contribution in [0.15, 0.2) is 19.8 Å². The van der Waals surface area contributed by atoms with Gasteiger partial charge in [0, 0.05) is 10.5 Å². The molecule has 0 aliphatic carbocycles. The lowest BCUT2D eigenvalue weighted by Crippen LogP contribution is -2.32. The van der Waals surface area contributed by atoms with Crippen molar-refractivity contribution in [2.45, 2.75) is 87.8 Å². The Bertz CT molecular complexity index is 520. The third kappa shape index (κ3) is 7.98. The fourth-order valence-corrected chi connectivity index (χ4v) is 12.4. The standard InChI is InChI=1S/C20H32Br2S2Si2/c1-3-5-7-9-11-25-15-13-17(21)23-19(15)20-16(14-18(22)24-20)26-12-10-8-6-4-2/h13-14,19-20,25-26H,3-12H2,1-2H3/b25-15+,26-16+. The van der Waals surface area contributed by atoms with Gasteiger partial charge in [-0.25, -0.2) is 0 Å². The Hall–Kier alpha value is 1.31. The highest BCUT2D eigenvalue weighted by molar-refractivity contribution is 9.14. The molecule has 0 bridgehead atoms. The van der Waals surface area contributed by atoms with Crippen LogP contribution in [-0.2, 0) is 0 Å². The van der Waals surface area contributed by atoms with E-state index in [0.29, 0.717) is 28.8 Å². The number of unbranched alkanes of at least 4 members (excludes halogenated alkanes) is 6. The summed E-state index contributed by atoms with van der Waals surface area (Å²) in [5.41, 5.74) is 0. The van der Waals surface area contributed by atoms with E-state index in [9.17, 15) is 0 Å². The van der Waals surface area contributed by atoms with E-state index in [2.05, 4.69) is 81.4 Å². The Kier molecular flexibility index (Phi) is 12.3. The third-order valence-electron chi connectivity index (χ3n) is 4.85. The minimum absolute atomic E-state index is 0.459. The van der Waals surface area contributed by atoms with Crippen molar-refractivity contribution in [3.05, 3.63) is 19.8 Å². The van der Waals surface area contributed by atoms with Gasteiger partial charge < -0.3 is 0 Å². The van der Waals surface area contributed by atoms with E-state index in [1.807, 2.05) is 0 Å². The summed E-state index contributed by atoms with van der Waals surface area (Å²) in [4.78, 5) is 0. The van der Waals surface area contributed by atoms with Crippen molar-refractivity contribution in [1.82, 2.24) is 0 Å². The molecule has 2 unspecified atom stereocenters. The Balaban J connectivity index is 1.97. The molecule has 2 heterocycles. The molecule has 0 saturated heterocycles. The third-order valence-corrected chi connectivity index (χ3v) is 12.8. The molecule has 26 heavy (non-hydrogen) atoms. The summed E-state index contributed by atoms with van der Waals surface area (Å²) in [5.74, 6) is 0. The minimum atomic E-state index is 0.459. The van der Waals surface area contributed by atoms with Crippen molar-refractivity contribution < 1.29 is 0 Å². The van der Waals surface area contributed by atoms with Crippen molar-refractivity contribution in [3.8, 4) is 0 Å². The molecule has 146 valence electrons. The molecule has 6 heteroatoms. The summed E-state index contributed by atoms with van der Waals surface area (Å²) < 4.78 is 2.72. The van der Waals surface area contributed by atoms with Crippen molar-refractivity contribution in [1.29, 1.82) is 0 Å². The topological polar surface area (TPSA) is 0 Å². The number of hydrogen-bond acceptors (Lipinski definition) is 2. The molecule has 0 N–H and O–H groups in total. The molecule has 0 radical (unpaired) electrons. The number of rotatable bonds is 11. The van der Waals surface area contributed by atoms with Crippen molar-refractivity contribution in [2.24, 2.45) is 0 Å². The second kappa shape index (κ2) is 13.5. The van der Waals surface area contributed by atoms with Crippen molar-refractivity contribution in [2.75, 3.05) is 0 Å². The zero-order chi connectivity index (χ0) is 18.8. The zero-order valence-corrected chi connectivity index (χ0v) is 23.2. The molecular formula is C20H32Br2S2Si2. The van der Waals surface area contributed by atoms with Gasteiger partial charge in [-0.2, -0.15) is 0 Å². The number of thioether (sulfide) groups is 2. The van der Waals surface area contributed by atoms with Crippen LogP contribution in [0.2, 0.25) is 12.1 Å². The highest BCUT2D eigenvalue weighted by atomic mass is 79.9. The van der Waals surface area contributed by atoms with Crippen LogP contribution in [0.3, 0.4) is 0 Å². The van der Waals surface area contributed by atoms with Crippen LogP contribution in [0.4, 0.5) is 0 Å². The van der Waals surface area contributed by atoms with Gasteiger partial charge in [0.25, 0.3) is 0 Å². The summed E-state index contributed by atoms with van der Waals surface area (Å²) in [7, 11) is 0.918. The normalized spacial score (nSPS) is 26.0. The molecule has 0 aromatic carbocycles. The van der Waals surface area contributed by atoms with Gasteiger partial charge in [-0.1, -0.05) is 75.6 Å². The van der Waals surface area contributed by atoms with Crippen molar-refractivity contribution >= 4 is 84.0 Å². The van der Waals surface area contributed by atoms with Gasteiger partial charge in [0.1, 0.15) is 0 Å². The molecule has 0 saturated carbocycles. The molecular weight excluding hydrogens is 520 g/mol. The van der Waals surface area contributed by atoms with E-state index in [-0.39, 0.29) is 0 Å². The first kappa shape index (κ1) is 23.6. The molecule has 0 aromatic heterocycles.